The summed E-state index contributed by atoms with van der Waals surface area (Å²) < 4.78 is 0. The van der Waals surface area contributed by atoms with Crippen molar-refractivity contribution < 1.29 is 0 Å². The Balaban J connectivity index is 1.98. The molecule has 0 radical (unpaired) electrons. The summed E-state index contributed by atoms with van der Waals surface area (Å²) in [4.78, 5) is 0. The lowest BCUT2D eigenvalue weighted by Crippen LogP contribution is -2.08. The number of aryl methyl sites for hydroxylation is 1. The first kappa shape index (κ1) is 9.53. The Kier molecular flexibility index (Phi) is 3.04. The summed E-state index contributed by atoms with van der Waals surface area (Å²) in [5.41, 5.74) is 4.30. The third kappa shape index (κ3) is 2.07. The molecule has 0 aromatic heterocycles. The third-order valence-corrected chi connectivity index (χ3v) is 2.77. The van der Waals surface area contributed by atoms with Gasteiger partial charge in [-0.05, 0) is 50.0 Å². The lowest BCUT2D eigenvalue weighted by Gasteiger charge is -2.04. The monoisotopic (exact) mass is 190 g/mol. The van der Waals surface area contributed by atoms with E-state index in [-0.39, 0.29) is 0 Å². The summed E-state index contributed by atoms with van der Waals surface area (Å²) >= 11 is 0. The van der Waals surface area contributed by atoms with Crippen molar-refractivity contribution in [2.24, 2.45) is 0 Å². The number of hydrogen-bond acceptors (Lipinski definition) is 2. The molecule has 0 fully saturated rings. The van der Waals surface area contributed by atoms with Gasteiger partial charge in [0.25, 0.3) is 0 Å². The minimum Gasteiger partial charge on any atom is -0.384 e. The Morgan fingerprint density at radius 1 is 1.43 bits per heavy atom. The molecule has 2 nitrogen and oxygen atoms in total. The van der Waals surface area contributed by atoms with E-state index in [2.05, 4.69) is 28.8 Å². The van der Waals surface area contributed by atoms with E-state index in [1.54, 1.807) is 0 Å². The molecule has 0 aliphatic carbocycles. The van der Waals surface area contributed by atoms with E-state index < -0.39 is 0 Å². The van der Waals surface area contributed by atoms with Crippen LogP contribution in [0.5, 0.6) is 0 Å². The fourth-order valence-electron chi connectivity index (χ4n) is 1.98. The molecule has 1 aliphatic rings. The summed E-state index contributed by atoms with van der Waals surface area (Å²) in [7, 11) is 2.01. The predicted molar refractivity (Wildman–Crippen MR) is 60.9 cm³/mol. The van der Waals surface area contributed by atoms with Crippen molar-refractivity contribution in [3.63, 3.8) is 0 Å². The molecule has 2 heteroatoms. The summed E-state index contributed by atoms with van der Waals surface area (Å²) in [5, 5.41) is 6.56. The Morgan fingerprint density at radius 2 is 2.36 bits per heavy atom. The molecule has 0 atom stereocenters. The van der Waals surface area contributed by atoms with Crippen LogP contribution in [-0.2, 0) is 12.8 Å². The van der Waals surface area contributed by atoms with Crippen molar-refractivity contribution in [2.75, 3.05) is 25.5 Å². The highest BCUT2D eigenvalue weighted by Crippen LogP contribution is 2.23. The lowest BCUT2D eigenvalue weighted by atomic mass is 10.0. The standard InChI is InChI=1S/C12H18N2/c1-13-7-2-3-10-4-5-12-11(9-10)6-8-14-12/h4-5,9,13-14H,2-3,6-8H2,1H3. The molecule has 2 N–H and O–H groups in total. The van der Waals surface area contributed by atoms with Gasteiger partial charge in [0.1, 0.15) is 0 Å². The summed E-state index contributed by atoms with van der Waals surface area (Å²) in [5.74, 6) is 0. The van der Waals surface area contributed by atoms with Crippen LogP contribution in [0.2, 0.25) is 0 Å². The Labute approximate surface area is 85.7 Å². The maximum Gasteiger partial charge on any atom is 0.0373 e. The van der Waals surface area contributed by atoms with E-state index in [9.17, 15) is 0 Å². The quantitative estimate of drug-likeness (QED) is 0.708. The van der Waals surface area contributed by atoms with Crippen LogP contribution in [0.15, 0.2) is 18.2 Å². The zero-order valence-corrected chi connectivity index (χ0v) is 8.77. The third-order valence-electron chi connectivity index (χ3n) is 2.77. The molecular weight excluding hydrogens is 172 g/mol. The van der Waals surface area contributed by atoms with Gasteiger partial charge in [-0.25, -0.2) is 0 Å². The molecule has 1 heterocycles. The minimum absolute atomic E-state index is 1.11. The molecule has 0 unspecified atom stereocenters. The van der Waals surface area contributed by atoms with Crippen molar-refractivity contribution >= 4 is 5.69 Å². The number of rotatable bonds is 4. The maximum absolute atomic E-state index is 3.38. The van der Waals surface area contributed by atoms with Gasteiger partial charge < -0.3 is 10.6 Å². The average Bonchev–Trinajstić information content (AvgIpc) is 2.65. The smallest absolute Gasteiger partial charge is 0.0373 e. The highest BCUT2D eigenvalue weighted by molar-refractivity contribution is 5.56. The summed E-state index contributed by atoms with van der Waals surface area (Å²) in [6.07, 6.45) is 3.60. The number of anilines is 1. The van der Waals surface area contributed by atoms with Crippen molar-refractivity contribution in [1.82, 2.24) is 5.32 Å². The van der Waals surface area contributed by atoms with Crippen LogP contribution in [0.3, 0.4) is 0 Å². The van der Waals surface area contributed by atoms with Gasteiger partial charge in [-0.1, -0.05) is 12.1 Å². The van der Waals surface area contributed by atoms with Gasteiger partial charge in [-0.2, -0.15) is 0 Å². The van der Waals surface area contributed by atoms with Gasteiger partial charge in [0.05, 0.1) is 0 Å². The molecular formula is C12H18N2. The zero-order valence-electron chi connectivity index (χ0n) is 8.77. The van der Waals surface area contributed by atoms with Crippen LogP contribution in [0.1, 0.15) is 17.5 Å². The number of benzene rings is 1. The molecule has 0 saturated carbocycles. The zero-order chi connectivity index (χ0) is 9.80. The van der Waals surface area contributed by atoms with Crippen LogP contribution in [0, 0.1) is 0 Å². The van der Waals surface area contributed by atoms with E-state index in [0.29, 0.717) is 0 Å². The van der Waals surface area contributed by atoms with Gasteiger partial charge in [0.15, 0.2) is 0 Å². The topological polar surface area (TPSA) is 24.1 Å². The van der Waals surface area contributed by atoms with E-state index in [0.717, 1.165) is 13.1 Å². The second kappa shape index (κ2) is 4.47. The Hall–Kier alpha value is -1.02. The number of nitrogens with one attached hydrogen (secondary N) is 2. The van der Waals surface area contributed by atoms with Gasteiger partial charge >= 0.3 is 0 Å². The number of fused-ring (bicyclic) bond motifs is 1. The molecule has 0 bridgehead atoms. The SMILES string of the molecule is CNCCCc1ccc2c(c1)CCN2. The normalized spacial score (nSPS) is 13.8. The predicted octanol–water partition coefficient (Wildman–Crippen LogP) is 1.81. The second-order valence-corrected chi connectivity index (χ2v) is 3.88. The van der Waals surface area contributed by atoms with Crippen molar-refractivity contribution in [3.8, 4) is 0 Å². The largest absolute Gasteiger partial charge is 0.384 e. The summed E-state index contributed by atoms with van der Waals surface area (Å²) in [6, 6.07) is 6.81. The molecule has 0 amide bonds. The van der Waals surface area contributed by atoms with Crippen LogP contribution in [-0.4, -0.2) is 20.1 Å². The van der Waals surface area contributed by atoms with Crippen LogP contribution >= 0.6 is 0 Å². The maximum atomic E-state index is 3.38. The van der Waals surface area contributed by atoms with Crippen LogP contribution < -0.4 is 10.6 Å². The molecule has 1 aliphatic heterocycles. The van der Waals surface area contributed by atoms with E-state index in [1.165, 1.54) is 36.1 Å². The van der Waals surface area contributed by atoms with Gasteiger partial charge in [0, 0.05) is 12.2 Å². The van der Waals surface area contributed by atoms with Gasteiger partial charge in [-0.15, -0.1) is 0 Å². The Bertz CT molecular complexity index is 307. The van der Waals surface area contributed by atoms with Crippen LogP contribution in [0.4, 0.5) is 5.69 Å². The van der Waals surface area contributed by atoms with Gasteiger partial charge in [-0.3, -0.25) is 0 Å². The first-order valence-electron chi connectivity index (χ1n) is 5.40. The average molecular weight is 190 g/mol. The Morgan fingerprint density at radius 3 is 3.21 bits per heavy atom. The highest BCUT2D eigenvalue weighted by atomic mass is 14.9. The molecule has 1 aromatic rings. The van der Waals surface area contributed by atoms with E-state index in [4.69, 9.17) is 0 Å². The summed E-state index contributed by atoms with van der Waals surface area (Å²) in [6.45, 7) is 2.21. The van der Waals surface area contributed by atoms with Crippen molar-refractivity contribution in [2.45, 2.75) is 19.3 Å². The first-order chi connectivity index (χ1) is 6.90. The van der Waals surface area contributed by atoms with Gasteiger partial charge in [0.2, 0.25) is 0 Å². The molecule has 76 valence electrons. The fourth-order valence-corrected chi connectivity index (χ4v) is 1.98. The van der Waals surface area contributed by atoms with Crippen molar-refractivity contribution in [1.29, 1.82) is 0 Å². The molecule has 14 heavy (non-hydrogen) atoms. The first-order valence-corrected chi connectivity index (χ1v) is 5.40. The second-order valence-electron chi connectivity index (χ2n) is 3.88. The van der Waals surface area contributed by atoms with E-state index in [1.807, 2.05) is 7.05 Å². The lowest BCUT2D eigenvalue weighted by molar-refractivity contribution is 0.724. The number of hydrogen-bond donors (Lipinski definition) is 2. The fraction of sp³-hybridized carbons (Fsp3) is 0.500. The van der Waals surface area contributed by atoms with Crippen LogP contribution in [0.25, 0.3) is 0 Å². The van der Waals surface area contributed by atoms with E-state index >= 15 is 0 Å². The minimum atomic E-state index is 1.11. The molecule has 2 rings (SSSR count). The highest BCUT2D eigenvalue weighted by Gasteiger charge is 2.09. The molecule has 0 spiro atoms. The van der Waals surface area contributed by atoms with Crippen molar-refractivity contribution in [3.05, 3.63) is 29.3 Å². The molecule has 0 saturated heterocycles. The molecule has 1 aromatic carbocycles.